The Labute approximate surface area is 138 Å². The van der Waals surface area contributed by atoms with E-state index in [1.54, 1.807) is 6.07 Å². The van der Waals surface area contributed by atoms with Gasteiger partial charge in [0.25, 0.3) is 5.56 Å². The van der Waals surface area contributed by atoms with E-state index in [2.05, 4.69) is 16.2 Å². The van der Waals surface area contributed by atoms with E-state index in [0.29, 0.717) is 28.0 Å². The lowest BCUT2D eigenvalue weighted by molar-refractivity contribution is 0.797. The van der Waals surface area contributed by atoms with Crippen LogP contribution in [0.1, 0.15) is 42.0 Å². The van der Waals surface area contributed by atoms with Crippen LogP contribution >= 0.6 is 0 Å². The van der Waals surface area contributed by atoms with Gasteiger partial charge >= 0.3 is 0 Å². The molecule has 6 nitrogen and oxygen atoms in total. The third-order valence-electron chi connectivity index (χ3n) is 4.05. The van der Waals surface area contributed by atoms with Crippen molar-refractivity contribution >= 4 is 5.65 Å². The van der Waals surface area contributed by atoms with Gasteiger partial charge in [0.15, 0.2) is 5.65 Å². The second-order valence-corrected chi connectivity index (χ2v) is 5.95. The molecule has 0 spiro atoms. The maximum atomic E-state index is 12.8. The monoisotopic (exact) mass is 317 g/mol. The molecule has 0 bridgehead atoms. The van der Waals surface area contributed by atoms with E-state index in [1.165, 1.54) is 10.7 Å². The second-order valence-electron chi connectivity index (χ2n) is 5.95. The van der Waals surface area contributed by atoms with Crippen LogP contribution in [-0.2, 0) is 0 Å². The van der Waals surface area contributed by atoms with Crippen molar-refractivity contribution in [2.24, 2.45) is 0 Å². The van der Waals surface area contributed by atoms with Crippen molar-refractivity contribution < 1.29 is 0 Å². The first-order valence-corrected chi connectivity index (χ1v) is 7.53. The molecule has 0 saturated heterocycles. The molecule has 1 aromatic carbocycles. The quantitative estimate of drug-likeness (QED) is 0.785. The van der Waals surface area contributed by atoms with Crippen molar-refractivity contribution in [1.82, 2.24) is 14.6 Å². The van der Waals surface area contributed by atoms with Crippen LogP contribution in [0.2, 0.25) is 0 Å². The number of aromatic amines is 1. The van der Waals surface area contributed by atoms with Gasteiger partial charge in [-0.1, -0.05) is 26.0 Å². The Balaban J connectivity index is 2.43. The molecule has 0 fully saturated rings. The standard InChI is InChI=1S/C18H15N5O/c1-10(2)15-16(12-5-4-11(3)13(6-12)7-19)22-17-14(8-20)9-21-23(17)18(15)24/h4-6,9-10,22H,1-3H3. The fourth-order valence-electron chi connectivity index (χ4n) is 2.77. The molecule has 0 aliphatic rings. The van der Waals surface area contributed by atoms with Crippen LogP contribution in [0.25, 0.3) is 16.9 Å². The van der Waals surface area contributed by atoms with E-state index in [9.17, 15) is 15.3 Å². The highest BCUT2D eigenvalue weighted by Gasteiger charge is 2.19. The first kappa shape index (κ1) is 15.5. The number of hydrogen-bond acceptors (Lipinski definition) is 4. The number of benzene rings is 1. The summed E-state index contributed by atoms with van der Waals surface area (Å²) in [5.74, 6) is -0.0466. The summed E-state index contributed by atoms with van der Waals surface area (Å²) in [4.78, 5) is 16.0. The fourth-order valence-corrected chi connectivity index (χ4v) is 2.77. The van der Waals surface area contributed by atoms with Gasteiger partial charge in [0.2, 0.25) is 0 Å². The molecule has 0 saturated carbocycles. The van der Waals surface area contributed by atoms with E-state index in [4.69, 9.17) is 0 Å². The molecule has 118 valence electrons. The smallest absolute Gasteiger partial charge is 0.278 e. The number of aromatic nitrogens is 3. The molecule has 0 unspecified atom stereocenters. The van der Waals surface area contributed by atoms with Gasteiger partial charge in [-0.05, 0) is 30.0 Å². The first-order valence-electron chi connectivity index (χ1n) is 7.53. The Morgan fingerprint density at radius 1 is 1.21 bits per heavy atom. The van der Waals surface area contributed by atoms with E-state index in [1.807, 2.05) is 39.0 Å². The Hall–Kier alpha value is -3.38. The number of H-pyrrole nitrogens is 1. The molecule has 0 atom stereocenters. The number of aryl methyl sites for hydroxylation is 1. The number of hydrogen-bond donors (Lipinski definition) is 1. The minimum absolute atomic E-state index is 0.0466. The van der Waals surface area contributed by atoms with Crippen LogP contribution in [0.15, 0.2) is 29.2 Å². The largest absolute Gasteiger partial charge is 0.338 e. The fraction of sp³-hybridized carbons (Fsp3) is 0.222. The predicted octanol–water partition coefficient (Wildman–Crippen LogP) is 2.86. The summed E-state index contributed by atoms with van der Waals surface area (Å²) in [7, 11) is 0. The Bertz CT molecular complexity index is 1090. The SMILES string of the molecule is Cc1ccc(-c2[nH]c3c(C#N)cnn3c(=O)c2C(C)C)cc1C#N. The summed E-state index contributed by atoms with van der Waals surface area (Å²) in [6.45, 7) is 5.71. The van der Waals surface area contributed by atoms with Crippen molar-refractivity contribution in [2.75, 3.05) is 0 Å². The minimum Gasteiger partial charge on any atom is -0.338 e. The first-order chi connectivity index (χ1) is 11.5. The van der Waals surface area contributed by atoms with Crippen molar-refractivity contribution in [3.63, 3.8) is 0 Å². The molecule has 3 rings (SSSR count). The number of fused-ring (bicyclic) bond motifs is 1. The van der Waals surface area contributed by atoms with Crippen molar-refractivity contribution in [1.29, 1.82) is 10.5 Å². The average Bonchev–Trinajstić information content (AvgIpc) is 2.98. The van der Waals surface area contributed by atoms with Gasteiger partial charge in [-0.25, -0.2) is 0 Å². The Morgan fingerprint density at radius 3 is 2.54 bits per heavy atom. The maximum Gasteiger partial charge on any atom is 0.278 e. The van der Waals surface area contributed by atoms with E-state index >= 15 is 0 Å². The van der Waals surface area contributed by atoms with Crippen LogP contribution < -0.4 is 5.56 Å². The number of nitrogens with one attached hydrogen (secondary N) is 1. The predicted molar refractivity (Wildman–Crippen MR) is 89.5 cm³/mol. The zero-order valence-electron chi connectivity index (χ0n) is 13.6. The molecule has 1 N–H and O–H groups in total. The number of nitriles is 2. The highest BCUT2D eigenvalue weighted by Crippen LogP contribution is 2.27. The third kappa shape index (κ3) is 2.26. The minimum atomic E-state index is -0.255. The van der Waals surface area contributed by atoms with Crippen LogP contribution in [0.5, 0.6) is 0 Å². The second kappa shape index (κ2) is 5.68. The molecule has 2 aromatic heterocycles. The molecule has 3 aromatic rings. The van der Waals surface area contributed by atoms with Gasteiger partial charge in [-0.2, -0.15) is 20.1 Å². The molecular formula is C18H15N5O. The molecule has 0 aliphatic carbocycles. The third-order valence-corrected chi connectivity index (χ3v) is 4.05. The van der Waals surface area contributed by atoms with Gasteiger partial charge in [0.1, 0.15) is 11.6 Å². The number of rotatable bonds is 2. The van der Waals surface area contributed by atoms with Gasteiger partial charge in [-0.3, -0.25) is 4.79 Å². The summed E-state index contributed by atoms with van der Waals surface area (Å²) < 4.78 is 1.22. The lowest BCUT2D eigenvalue weighted by Gasteiger charge is -2.14. The van der Waals surface area contributed by atoms with Crippen LogP contribution in [0.4, 0.5) is 0 Å². The normalized spacial score (nSPS) is 10.8. The van der Waals surface area contributed by atoms with Gasteiger partial charge in [0.05, 0.1) is 23.5 Å². The lowest BCUT2D eigenvalue weighted by Crippen LogP contribution is -2.22. The highest BCUT2D eigenvalue weighted by molar-refractivity contribution is 5.69. The van der Waals surface area contributed by atoms with E-state index in [0.717, 1.165) is 11.1 Å². The zero-order chi connectivity index (χ0) is 17.4. The van der Waals surface area contributed by atoms with Crippen molar-refractivity contribution in [3.05, 3.63) is 57.0 Å². The molecule has 6 heteroatoms. The summed E-state index contributed by atoms with van der Waals surface area (Å²) in [5.41, 5.74) is 3.77. The molecular weight excluding hydrogens is 302 g/mol. The number of nitrogens with zero attached hydrogens (tertiary/aromatic N) is 4. The summed E-state index contributed by atoms with van der Waals surface area (Å²) >= 11 is 0. The van der Waals surface area contributed by atoms with Crippen LogP contribution in [-0.4, -0.2) is 14.6 Å². The average molecular weight is 317 g/mol. The van der Waals surface area contributed by atoms with Crippen LogP contribution in [0.3, 0.4) is 0 Å². The molecule has 0 amide bonds. The van der Waals surface area contributed by atoms with Gasteiger partial charge in [0, 0.05) is 5.56 Å². The van der Waals surface area contributed by atoms with Crippen LogP contribution in [0, 0.1) is 29.6 Å². The summed E-state index contributed by atoms with van der Waals surface area (Å²) in [6, 6.07) is 9.66. The van der Waals surface area contributed by atoms with Gasteiger partial charge < -0.3 is 4.98 Å². The zero-order valence-corrected chi connectivity index (χ0v) is 13.6. The lowest BCUT2D eigenvalue weighted by atomic mass is 9.96. The molecule has 0 aliphatic heterocycles. The molecule has 24 heavy (non-hydrogen) atoms. The molecule has 0 radical (unpaired) electrons. The van der Waals surface area contributed by atoms with Crippen molar-refractivity contribution in [2.45, 2.75) is 26.7 Å². The van der Waals surface area contributed by atoms with E-state index in [-0.39, 0.29) is 11.5 Å². The topological polar surface area (TPSA) is 97.7 Å². The molecule has 2 heterocycles. The van der Waals surface area contributed by atoms with E-state index < -0.39 is 0 Å². The van der Waals surface area contributed by atoms with Crippen molar-refractivity contribution in [3.8, 4) is 23.4 Å². The summed E-state index contributed by atoms with van der Waals surface area (Å²) in [5, 5.41) is 22.5. The Morgan fingerprint density at radius 2 is 1.92 bits per heavy atom. The Kier molecular flexibility index (Phi) is 3.67. The maximum absolute atomic E-state index is 12.8. The summed E-state index contributed by atoms with van der Waals surface area (Å²) in [6.07, 6.45) is 1.37. The van der Waals surface area contributed by atoms with Gasteiger partial charge in [-0.15, -0.1) is 0 Å². The highest BCUT2D eigenvalue weighted by atomic mass is 16.1.